The van der Waals surface area contributed by atoms with Crippen LogP contribution in [0.25, 0.3) is 0 Å². The lowest BCUT2D eigenvalue weighted by Crippen LogP contribution is -2.29. The fourth-order valence-electron chi connectivity index (χ4n) is 1.81. The fourth-order valence-corrected chi connectivity index (χ4v) is 3.64. The first-order valence-electron chi connectivity index (χ1n) is 5.83. The number of benzene rings is 1. The monoisotopic (exact) mass is 377 g/mol. The Balaban J connectivity index is 2.35. The summed E-state index contributed by atoms with van der Waals surface area (Å²) in [6.45, 7) is 1.62. The third-order valence-corrected chi connectivity index (χ3v) is 5.01. The van der Waals surface area contributed by atoms with E-state index in [4.69, 9.17) is 5.73 Å². The molecule has 0 radical (unpaired) electrons. The molecule has 10 heteroatoms. The van der Waals surface area contributed by atoms with Gasteiger partial charge in [-0.1, -0.05) is 0 Å². The van der Waals surface area contributed by atoms with Gasteiger partial charge in [-0.05, 0) is 35.0 Å². The Kier molecular flexibility index (Phi) is 4.30. The van der Waals surface area contributed by atoms with E-state index in [-0.39, 0.29) is 15.1 Å². The summed E-state index contributed by atoms with van der Waals surface area (Å²) >= 11 is 2.94. The SMILES string of the molecule is CC(NS(=O)(=O)c1cc(Br)c(F)cc1N)c1nncn1C. The van der Waals surface area contributed by atoms with Crippen LogP contribution in [-0.2, 0) is 17.1 Å². The molecule has 0 saturated carbocycles. The maximum Gasteiger partial charge on any atom is 0.243 e. The van der Waals surface area contributed by atoms with E-state index in [1.54, 1.807) is 18.5 Å². The summed E-state index contributed by atoms with van der Waals surface area (Å²) in [5.74, 6) is -0.189. The predicted octanol–water partition coefficient (Wildman–Crippen LogP) is 1.34. The molecule has 1 heterocycles. The Labute approximate surface area is 129 Å². The number of hydrogen-bond donors (Lipinski definition) is 2. The predicted molar refractivity (Wildman–Crippen MR) is 78.3 cm³/mol. The molecule has 2 rings (SSSR count). The number of sulfonamides is 1. The van der Waals surface area contributed by atoms with Crippen molar-refractivity contribution < 1.29 is 12.8 Å². The van der Waals surface area contributed by atoms with Crippen molar-refractivity contribution in [2.75, 3.05) is 5.73 Å². The van der Waals surface area contributed by atoms with E-state index < -0.39 is 21.9 Å². The van der Waals surface area contributed by atoms with Crippen LogP contribution in [0.4, 0.5) is 10.1 Å². The van der Waals surface area contributed by atoms with Gasteiger partial charge in [0.15, 0.2) is 0 Å². The van der Waals surface area contributed by atoms with Gasteiger partial charge >= 0.3 is 0 Å². The van der Waals surface area contributed by atoms with Crippen LogP contribution in [0.1, 0.15) is 18.8 Å². The van der Waals surface area contributed by atoms with Gasteiger partial charge in [0.05, 0.1) is 16.2 Å². The molecule has 114 valence electrons. The van der Waals surface area contributed by atoms with Crippen LogP contribution in [-0.4, -0.2) is 23.2 Å². The Bertz CT molecular complexity index is 777. The molecule has 0 amide bonds. The number of halogens is 2. The number of aryl methyl sites for hydroxylation is 1. The highest BCUT2D eigenvalue weighted by atomic mass is 79.9. The van der Waals surface area contributed by atoms with Crippen molar-refractivity contribution in [3.05, 3.63) is 34.6 Å². The van der Waals surface area contributed by atoms with Gasteiger partial charge in [-0.3, -0.25) is 0 Å². The second-order valence-corrected chi connectivity index (χ2v) is 6.98. The van der Waals surface area contributed by atoms with E-state index in [2.05, 4.69) is 30.8 Å². The van der Waals surface area contributed by atoms with E-state index in [1.165, 1.54) is 6.33 Å². The van der Waals surface area contributed by atoms with Crippen molar-refractivity contribution in [3.8, 4) is 0 Å². The summed E-state index contributed by atoms with van der Waals surface area (Å²) in [6, 6.07) is 1.45. The summed E-state index contributed by atoms with van der Waals surface area (Å²) in [5, 5.41) is 7.52. The zero-order valence-corrected chi connectivity index (χ0v) is 13.6. The molecule has 0 spiro atoms. The van der Waals surface area contributed by atoms with Crippen LogP contribution in [0.2, 0.25) is 0 Å². The van der Waals surface area contributed by atoms with Crippen molar-refractivity contribution in [1.82, 2.24) is 19.5 Å². The van der Waals surface area contributed by atoms with E-state index in [0.717, 1.165) is 12.1 Å². The molecule has 0 aliphatic rings. The molecular formula is C11H13BrFN5O2S. The zero-order chi connectivity index (χ0) is 15.8. The second-order valence-electron chi connectivity index (χ2n) is 4.45. The smallest absolute Gasteiger partial charge is 0.243 e. The maximum atomic E-state index is 13.3. The number of rotatable bonds is 4. The van der Waals surface area contributed by atoms with Gasteiger partial charge in [0.25, 0.3) is 0 Å². The molecule has 0 aliphatic heterocycles. The van der Waals surface area contributed by atoms with Crippen LogP contribution in [0.5, 0.6) is 0 Å². The van der Waals surface area contributed by atoms with E-state index >= 15 is 0 Å². The average Bonchev–Trinajstić information content (AvgIpc) is 2.79. The second kappa shape index (κ2) is 5.70. The normalized spacial score (nSPS) is 13.3. The number of anilines is 1. The molecule has 1 atom stereocenters. The molecule has 3 N–H and O–H groups in total. The molecule has 0 fully saturated rings. The number of aromatic nitrogens is 3. The highest BCUT2D eigenvalue weighted by molar-refractivity contribution is 9.10. The van der Waals surface area contributed by atoms with E-state index in [1.807, 2.05) is 0 Å². The third-order valence-electron chi connectivity index (χ3n) is 2.81. The molecule has 0 aliphatic carbocycles. The molecule has 0 bridgehead atoms. The average molecular weight is 378 g/mol. The van der Waals surface area contributed by atoms with Crippen LogP contribution in [0, 0.1) is 5.82 Å². The molecular weight excluding hydrogens is 365 g/mol. The lowest BCUT2D eigenvalue weighted by atomic mass is 10.3. The van der Waals surface area contributed by atoms with Crippen molar-refractivity contribution in [3.63, 3.8) is 0 Å². The highest BCUT2D eigenvalue weighted by Crippen LogP contribution is 2.27. The summed E-state index contributed by atoms with van der Waals surface area (Å²) in [5.41, 5.74) is 5.41. The topological polar surface area (TPSA) is 103 Å². The standard InChI is InChI=1S/C11H13BrFN5O2S/c1-6(11-16-15-5-18(11)2)17-21(19,20)10-3-7(12)8(13)4-9(10)14/h3-6,17H,14H2,1-2H3. The number of hydrogen-bond acceptors (Lipinski definition) is 5. The van der Waals surface area contributed by atoms with Crippen molar-refractivity contribution in [1.29, 1.82) is 0 Å². The first kappa shape index (κ1) is 15.9. The van der Waals surface area contributed by atoms with Crippen molar-refractivity contribution >= 4 is 31.6 Å². The molecule has 2 aromatic rings. The lowest BCUT2D eigenvalue weighted by molar-refractivity contribution is 0.553. The number of nitrogen functional groups attached to an aromatic ring is 1. The number of nitrogens with two attached hydrogens (primary N) is 1. The van der Waals surface area contributed by atoms with Gasteiger partial charge in [-0.15, -0.1) is 10.2 Å². The molecule has 1 unspecified atom stereocenters. The van der Waals surface area contributed by atoms with Gasteiger partial charge in [0.2, 0.25) is 10.0 Å². The minimum Gasteiger partial charge on any atom is -0.398 e. The Morgan fingerprint density at radius 3 is 2.71 bits per heavy atom. The van der Waals surface area contributed by atoms with Gasteiger partial charge in [-0.25, -0.2) is 17.5 Å². The molecule has 1 aromatic carbocycles. The molecule has 21 heavy (non-hydrogen) atoms. The first-order valence-corrected chi connectivity index (χ1v) is 8.10. The van der Waals surface area contributed by atoms with Gasteiger partial charge in [0, 0.05) is 7.05 Å². The van der Waals surface area contributed by atoms with Crippen molar-refractivity contribution in [2.24, 2.45) is 7.05 Å². The molecule has 7 nitrogen and oxygen atoms in total. The van der Waals surface area contributed by atoms with E-state index in [0.29, 0.717) is 5.82 Å². The summed E-state index contributed by atoms with van der Waals surface area (Å²) < 4.78 is 42.0. The number of nitrogens with one attached hydrogen (secondary N) is 1. The Morgan fingerprint density at radius 2 is 2.14 bits per heavy atom. The zero-order valence-electron chi connectivity index (χ0n) is 11.2. The third kappa shape index (κ3) is 3.22. The Morgan fingerprint density at radius 1 is 1.48 bits per heavy atom. The summed E-state index contributed by atoms with van der Waals surface area (Å²) in [4.78, 5) is -0.204. The maximum absolute atomic E-state index is 13.3. The van der Waals surface area contributed by atoms with Crippen molar-refractivity contribution in [2.45, 2.75) is 17.9 Å². The Hall–Kier alpha value is -1.52. The minimum atomic E-state index is -3.93. The van der Waals surface area contributed by atoms with Gasteiger partial charge in [0.1, 0.15) is 22.9 Å². The van der Waals surface area contributed by atoms with E-state index in [9.17, 15) is 12.8 Å². The lowest BCUT2D eigenvalue weighted by Gasteiger charge is -2.15. The molecule has 1 aromatic heterocycles. The van der Waals surface area contributed by atoms with Crippen LogP contribution in [0.15, 0.2) is 27.8 Å². The summed E-state index contributed by atoms with van der Waals surface area (Å²) in [7, 11) is -2.23. The first-order chi connectivity index (χ1) is 9.72. The summed E-state index contributed by atoms with van der Waals surface area (Å²) in [6.07, 6.45) is 1.46. The quantitative estimate of drug-likeness (QED) is 0.782. The van der Waals surface area contributed by atoms with Crippen LogP contribution >= 0.6 is 15.9 Å². The van der Waals surface area contributed by atoms with Crippen LogP contribution in [0.3, 0.4) is 0 Å². The fraction of sp³-hybridized carbons (Fsp3) is 0.273. The minimum absolute atomic E-state index is 0.0170. The highest BCUT2D eigenvalue weighted by Gasteiger charge is 2.24. The number of nitrogens with zero attached hydrogens (tertiary/aromatic N) is 3. The largest absolute Gasteiger partial charge is 0.398 e. The van der Waals surface area contributed by atoms with Crippen LogP contribution < -0.4 is 10.5 Å². The van der Waals surface area contributed by atoms with Gasteiger partial charge in [-0.2, -0.15) is 0 Å². The van der Waals surface area contributed by atoms with Gasteiger partial charge < -0.3 is 10.3 Å². The molecule has 0 saturated heterocycles.